The van der Waals surface area contributed by atoms with Crippen LogP contribution in [0.25, 0.3) is 0 Å². The van der Waals surface area contributed by atoms with Gasteiger partial charge >= 0.3 is 0 Å². The first kappa shape index (κ1) is 22.6. The lowest BCUT2D eigenvalue weighted by molar-refractivity contribution is -0.131. The third-order valence-electron chi connectivity index (χ3n) is 3.60. The van der Waals surface area contributed by atoms with Crippen molar-refractivity contribution in [2.75, 3.05) is 33.0 Å². The van der Waals surface area contributed by atoms with E-state index in [2.05, 4.69) is 17.2 Å². The second-order valence-electron chi connectivity index (χ2n) is 6.72. The fourth-order valence-corrected chi connectivity index (χ4v) is 2.04. The summed E-state index contributed by atoms with van der Waals surface area (Å²) in [6.45, 7) is 10.0. The van der Waals surface area contributed by atoms with Crippen molar-refractivity contribution in [2.24, 2.45) is 11.3 Å². The van der Waals surface area contributed by atoms with E-state index >= 15 is 0 Å². The lowest BCUT2D eigenvalue weighted by Gasteiger charge is -2.31. The highest BCUT2D eigenvalue weighted by molar-refractivity contribution is 5.86. The lowest BCUT2D eigenvalue weighted by Crippen LogP contribution is -2.48. The smallest absolute Gasteiger partial charge is 0.224 e. The van der Waals surface area contributed by atoms with Crippen LogP contribution < -0.4 is 10.6 Å². The number of rotatable bonds is 12. The number of hydrogen-bond acceptors (Lipinski definition) is 5. The van der Waals surface area contributed by atoms with Crippen molar-refractivity contribution in [3.63, 3.8) is 0 Å². The average molecular weight is 344 g/mol. The molecule has 0 spiro atoms. The van der Waals surface area contributed by atoms with Crippen molar-refractivity contribution in [2.45, 2.75) is 39.7 Å². The Labute approximate surface area is 144 Å². The van der Waals surface area contributed by atoms with Gasteiger partial charge in [0.15, 0.2) is 0 Å². The van der Waals surface area contributed by atoms with E-state index in [1.807, 2.05) is 20.8 Å². The molecule has 0 unspecified atom stereocenters. The van der Waals surface area contributed by atoms with Gasteiger partial charge in [0.2, 0.25) is 11.8 Å². The molecule has 0 rings (SSSR count). The average Bonchev–Trinajstić information content (AvgIpc) is 2.50. The zero-order valence-corrected chi connectivity index (χ0v) is 15.0. The number of ether oxygens (including phenoxy) is 1. The van der Waals surface area contributed by atoms with Crippen molar-refractivity contribution in [3.05, 3.63) is 12.7 Å². The summed E-state index contributed by atoms with van der Waals surface area (Å²) in [5.74, 6) is -1.05. The number of nitrogens with one attached hydrogen (secondary N) is 2. The Kier molecular flexibility index (Phi) is 11.3. The Morgan fingerprint density at radius 3 is 2.42 bits per heavy atom. The molecule has 2 amide bonds. The molecule has 0 aliphatic carbocycles. The van der Waals surface area contributed by atoms with Crippen LogP contribution in [0.1, 0.15) is 33.6 Å². The van der Waals surface area contributed by atoms with E-state index in [9.17, 15) is 14.7 Å². The maximum Gasteiger partial charge on any atom is 0.224 e. The molecular weight excluding hydrogens is 312 g/mol. The Morgan fingerprint density at radius 2 is 1.92 bits per heavy atom. The number of carbonyl (C=O) groups excluding carboxylic acids is 2. The third-order valence-corrected chi connectivity index (χ3v) is 3.60. The van der Waals surface area contributed by atoms with Gasteiger partial charge in [0.05, 0.1) is 38.4 Å². The number of carbonyl (C=O) groups is 2. The molecule has 24 heavy (non-hydrogen) atoms. The molecule has 0 radical (unpaired) electrons. The molecule has 0 aromatic heterocycles. The second-order valence-corrected chi connectivity index (χ2v) is 6.72. The SMILES string of the molecule is C=CC[C@@H](CC(=O)NCCOCCO)C(=O)N[C@H](CO)C(C)(C)C. The van der Waals surface area contributed by atoms with Crippen LogP contribution in [0.15, 0.2) is 12.7 Å². The molecule has 0 heterocycles. The fraction of sp³-hybridized carbons (Fsp3) is 0.765. The van der Waals surface area contributed by atoms with Gasteiger partial charge in [-0.3, -0.25) is 9.59 Å². The Morgan fingerprint density at radius 1 is 1.25 bits per heavy atom. The van der Waals surface area contributed by atoms with E-state index < -0.39 is 5.92 Å². The first-order valence-corrected chi connectivity index (χ1v) is 8.23. The molecule has 140 valence electrons. The first-order chi connectivity index (χ1) is 11.3. The summed E-state index contributed by atoms with van der Waals surface area (Å²) in [6, 6.07) is -0.382. The van der Waals surface area contributed by atoms with E-state index in [0.29, 0.717) is 19.6 Å². The fourth-order valence-electron chi connectivity index (χ4n) is 2.04. The van der Waals surface area contributed by atoms with Gasteiger partial charge in [-0.2, -0.15) is 0 Å². The van der Waals surface area contributed by atoms with Crippen LogP contribution in [0.4, 0.5) is 0 Å². The minimum absolute atomic E-state index is 0.0418. The summed E-state index contributed by atoms with van der Waals surface area (Å²) in [5.41, 5.74) is -0.282. The van der Waals surface area contributed by atoms with Crippen LogP contribution in [0.5, 0.6) is 0 Å². The molecule has 0 fully saturated rings. The van der Waals surface area contributed by atoms with Gasteiger partial charge in [-0.1, -0.05) is 26.8 Å². The molecule has 0 aliphatic rings. The van der Waals surface area contributed by atoms with E-state index in [1.54, 1.807) is 6.08 Å². The molecule has 0 saturated heterocycles. The van der Waals surface area contributed by atoms with Gasteiger partial charge in [0, 0.05) is 13.0 Å². The molecule has 0 aromatic rings. The van der Waals surface area contributed by atoms with Crippen LogP contribution in [0.2, 0.25) is 0 Å². The maximum absolute atomic E-state index is 12.4. The molecule has 0 saturated carbocycles. The number of hydrogen-bond donors (Lipinski definition) is 4. The molecule has 7 nitrogen and oxygen atoms in total. The number of amides is 2. The number of aliphatic hydroxyl groups excluding tert-OH is 2. The molecule has 0 aromatic carbocycles. The van der Waals surface area contributed by atoms with Crippen LogP contribution in [-0.2, 0) is 14.3 Å². The number of aliphatic hydroxyl groups is 2. The zero-order chi connectivity index (χ0) is 18.6. The van der Waals surface area contributed by atoms with Gasteiger partial charge in [-0.15, -0.1) is 6.58 Å². The zero-order valence-electron chi connectivity index (χ0n) is 15.0. The predicted molar refractivity (Wildman–Crippen MR) is 92.3 cm³/mol. The third kappa shape index (κ3) is 9.64. The molecular formula is C17H32N2O5. The van der Waals surface area contributed by atoms with Crippen molar-refractivity contribution < 1.29 is 24.5 Å². The highest BCUT2D eigenvalue weighted by Crippen LogP contribution is 2.20. The molecule has 0 bridgehead atoms. The summed E-state index contributed by atoms with van der Waals surface area (Å²) in [4.78, 5) is 24.3. The monoisotopic (exact) mass is 344 g/mol. The normalized spacial score (nSPS) is 13.9. The van der Waals surface area contributed by atoms with Gasteiger partial charge in [-0.25, -0.2) is 0 Å². The first-order valence-electron chi connectivity index (χ1n) is 8.23. The summed E-state index contributed by atoms with van der Waals surface area (Å²) in [7, 11) is 0. The Hall–Kier alpha value is -1.44. The van der Waals surface area contributed by atoms with Crippen molar-refractivity contribution >= 4 is 11.8 Å². The van der Waals surface area contributed by atoms with Crippen molar-refractivity contribution in [1.29, 1.82) is 0 Å². The van der Waals surface area contributed by atoms with E-state index in [-0.39, 0.29) is 49.5 Å². The summed E-state index contributed by atoms with van der Waals surface area (Å²) >= 11 is 0. The highest BCUT2D eigenvalue weighted by atomic mass is 16.5. The second kappa shape index (κ2) is 12.0. The Balaban J connectivity index is 4.48. The predicted octanol–water partition coefficient (Wildman–Crippen LogP) is 0.217. The number of allylic oxidation sites excluding steroid dienone is 1. The van der Waals surface area contributed by atoms with E-state index in [0.717, 1.165) is 0 Å². The summed E-state index contributed by atoms with van der Waals surface area (Å²) in [5, 5.41) is 23.5. The van der Waals surface area contributed by atoms with Crippen molar-refractivity contribution in [1.82, 2.24) is 10.6 Å². The summed E-state index contributed by atoms with van der Waals surface area (Å²) in [6.07, 6.45) is 2.02. The maximum atomic E-state index is 12.4. The quantitative estimate of drug-likeness (QED) is 0.299. The van der Waals surface area contributed by atoms with Crippen LogP contribution >= 0.6 is 0 Å². The van der Waals surface area contributed by atoms with Crippen LogP contribution in [0.3, 0.4) is 0 Å². The van der Waals surface area contributed by atoms with Gasteiger partial charge in [-0.05, 0) is 11.8 Å². The molecule has 0 aliphatic heterocycles. The topological polar surface area (TPSA) is 108 Å². The van der Waals surface area contributed by atoms with E-state index in [4.69, 9.17) is 9.84 Å². The minimum Gasteiger partial charge on any atom is -0.394 e. The standard InChI is InChI=1S/C17H32N2O5/c1-5-6-13(11-15(22)18-7-9-24-10-8-20)16(23)19-14(12-21)17(2,3)4/h5,13-14,20-21H,1,6-12H2,2-4H3,(H,18,22)(H,19,23)/t13-,14+/m0/s1. The molecule has 4 N–H and O–H groups in total. The lowest BCUT2D eigenvalue weighted by atomic mass is 9.86. The minimum atomic E-state index is -0.530. The van der Waals surface area contributed by atoms with Crippen LogP contribution in [0, 0.1) is 11.3 Å². The largest absolute Gasteiger partial charge is 0.394 e. The summed E-state index contributed by atoms with van der Waals surface area (Å²) < 4.78 is 5.05. The molecule has 2 atom stereocenters. The van der Waals surface area contributed by atoms with Crippen molar-refractivity contribution in [3.8, 4) is 0 Å². The van der Waals surface area contributed by atoms with Gasteiger partial charge in [0.1, 0.15) is 0 Å². The van der Waals surface area contributed by atoms with Gasteiger partial charge < -0.3 is 25.6 Å². The Bertz CT molecular complexity index is 393. The van der Waals surface area contributed by atoms with Crippen LogP contribution in [-0.4, -0.2) is 61.0 Å². The molecule has 7 heteroatoms. The van der Waals surface area contributed by atoms with Gasteiger partial charge in [0.25, 0.3) is 0 Å². The van der Waals surface area contributed by atoms with E-state index in [1.165, 1.54) is 0 Å². The highest BCUT2D eigenvalue weighted by Gasteiger charge is 2.29.